The quantitative estimate of drug-likeness (QED) is 0.686. The molecule has 0 heterocycles. The van der Waals surface area contributed by atoms with Crippen LogP contribution in [-0.2, 0) is 4.74 Å². The van der Waals surface area contributed by atoms with Crippen molar-refractivity contribution >= 4 is 0 Å². The van der Waals surface area contributed by atoms with Crippen molar-refractivity contribution in [3.63, 3.8) is 0 Å². The van der Waals surface area contributed by atoms with Crippen molar-refractivity contribution in [3.8, 4) is 0 Å². The molecule has 16 heavy (non-hydrogen) atoms. The Labute approximate surface area is 101 Å². The number of hydrogen-bond donors (Lipinski definition) is 1. The van der Waals surface area contributed by atoms with Crippen LogP contribution in [0.3, 0.4) is 0 Å². The second kappa shape index (κ2) is 8.04. The van der Waals surface area contributed by atoms with Crippen molar-refractivity contribution in [2.24, 2.45) is 0 Å². The van der Waals surface area contributed by atoms with E-state index in [2.05, 4.69) is 24.1 Å². The average molecular weight is 228 g/mol. The summed E-state index contributed by atoms with van der Waals surface area (Å²) in [6.07, 6.45) is 5.57. The third-order valence-corrected chi connectivity index (χ3v) is 3.62. The molecule has 1 atom stereocenters. The van der Waals surface area contributed by atoms with Gasteiger partial charge in [-0.2, -0.15) is 0 Å². The van der Waals surface area contributed by atoms with E-state index in [1.165, 1.54) is 25.7 Å². The standard InChI is InChI=1S/C13H28N2O/c1-4-15(12(2)11-16-3)10-9-14-13-7-5-6-8-13/h12-14H,4-11H2,1-3H3. The maximum atomic E-state index is 5.20. The molecule has 96 valence electrons. The molecule has 3 nitrogen and oxygen atoms in total. The van der Waals surface area contributed by atoms with Crippen molar-refractivity contribution in [2.75, 3.05) is 33.4 Å². The molecule has 0 aliphatic heterocycles. The number of rotatable bonds is 8. The molecule has 0 radical (unpaired) electrons. The Morgan fingerprint density at radius 2 is 2.06 bits per heavy atom. The summed E-state index contributed by atoms with van der Waals surface area (Å²) in [5.74, 6) is 0. The zero-order valence-corrected chi connectivity index (χ0v) is 11.2. The van der Waals surface area contributed by atoms with Gasteiger partial charge in [0.25, 0.3) is 0 Å². The van der Waals surface area contributed by atoms with Crippen LogP contribution in [0.5, 0.6) is 0 Å². The summed E-state index contributed by atoms with van der Waals surface area (Å²) in [7, 11) is 1.78. The van der Waals surface area contributed by atoms with Crippen LogP contribution < -0.4 is 5.32 Å². The summed E-state index contributed by atoms with van der Waals surface area (Å²) in [6, 6.07) is 1.32. The largest absolute Gasteiger partial charge is 0.383 e. The molecule has 0 aromatic carbocycles. The van der Waals surface area contributed by atoms with Crippen LogP contribution in [0.2, 0.25) is 0 Å². The van der Waals surface area contributed by atoms with Crippen LogP contribution in [0.4, 0.5) is 0 Å². The van der Waals surface area contributed by atoms with Gasteiger partial charge in [0.05, 0.1) is 6.61 Å². The normalized spacial score (nSPS) is 19.5. The van der Waals surface area contributed by atoms with Crippen molar-refractivity contribution in [2.45, 2.75) is 51.6 Å². The number of likely N-dealkylation sites (N-methyl/N-ethyl adjacent to an activating group) is 1. The van der Waals surface area contributed by atoms with E-state index in [9.17, 15) is 0 Å². The van der Waals surface area contributed by atoms with Gasteiger partial charge in [0, 0.05) is 32.3 Å². The van der Waals surface area contributed by atoms with Crippen molar-refractivity contribution in [1.82, 2.24) is 10.2 Å². The fourth-order valence-electron chi connectivity index (χ4n) is 2.58. The van der Waals surface area contributed by atoms with Crippen LogP contribution in [0.15, 0.2) is 0 Å². The Kier molecular flexibility index (Phi) is 7.01. The highest BCUT2D eigenvalue weighted by Crippen LogP contribution is 2.17. The van der Waals surface area contributed by atoms with Gasteiger partial charge in [0.15, 0.2) is 0 Å². The number of methoxy groups -OCH3 is 1. The van der Waals surface area contributed by atoms with Gasteiger partial charge in [-0.15, -0.1) is 0 Å². The van der Waals surface area contributed by atoms with Gasteiger partial charge in [-0.05, 0) is 26.3 Å². The second-order valence-electron chi connectivity index (χ2n) is 4.87. The molecule has 0 amide bonds. The lowest BCUT2D eigenvalue weighted by Gasteiger charge is -2.27. The minimum Gasteiger partial charge on any atom is -0.383 e. The van der Waals surface area contributed by atoms with Gasteiger partial charge in [0.2, 0.25) is 0 Å². The van der Waals surface area contributed by atoms with E-state index in [1.807, 2.05) is 0 Å². The minimum absolute atomic E-state index is 0.528. The van der Waals surface area contributed by atoms with Gasteiger partial charge in [-0.25, -0.2) is 0 Å². The highest BCUT2D eigenvalue weighted by Gasteiger charge is 2.15. The van der Waals surface area contributed by atoms with Gasteiger partial charge < -0.3 is 10.1 Å². The van der Waals surface area contributed by atoms with Crippen LogP contribution in [0.25, 0.3) is 0 Å². The number of nitrogens with one attached hydrogen (secondary N) is 1. The molecule has 1 aliphatic carbocycles. The summed E-state index contributed by atoms with van der Waals surface area (Å²) in [5.41, 5.74) is 0. The molecule has 0 bridgehead atoms. The number of hydrogen-bond acceptors (Lipinski definition) is 3. The van der Waals surface area contributed by atoms with Crippen LogP contribution in [0, 0.1) is 0 Å². The van der Waals surface area contributed by atoms with E-state index < -0.39 is 0 Å². The summed E-state index contributed by atoms with van der Waals surface area (Å²) in [5, 5.41) is 3.66. The predicted molar refractivity (Wildman–Crippen MR) is 68.8 cm³/mol. The molecular formula is C13H28N2O. The van der Waals surface area contributed by atoms with Crippen LogP contribution >= 0.6 is 0 Å². The third kappa shape index (κ3) is 4.81. The summed E-state index contributed by atoms with van der Waals surface area (Å²) in [6.45, 7) is 8.66. The number of nitrogens with zero attached hydrogens (tertiary/aromatic N) is 1. The first kappa shape index (κ1) is 13.9. The third-order valence-electron chi connectivity index (χ3n) is 3.62. The Balaban J connectivity index is 2.12. The van der Waals surface area contributed by atoms with Gasteiger partial charge >= 0.3 is 0 Å². The van der Waals surface area contributed by atoms with Crippen molar-refractivity contribution in [3.05, 3.63) is 0 Å². The molecule has 1 saturated carbocycles. The monoisotopic (exact) mass is 228 g/mol. The molecule has 1 N–H and O–H groups in total. The van der Waals surface area contributed by atoms with Crippen molar-refractivity contribution < 1.29 is 4.74 Å². The van der Waals surface area contributed by atoms with E-state index in [0.717, 1.165) is 32.3 Å². The molecule has 0 spiro atoms. The van der Waals surface area contributed by atoms with E-state index >= 15 is 0 Å². The lowest BCUT2D eigenvalue weighted by molar-refractivity contribution is 0.103. The lowest BCUT2D eigenvalue weighted by atomic mass is 10.2. The smallest absolute Gasteiger partial charge is 0.0615 e. The molecule has 0 saturated heterocycles. The summed E-state index contributed by atoms with van der Waals surface area (Å²) < 4.78 is 5.20. The first-order valence-corrected chi connectivity index (χ1v) is 6.74. The van der Waals surface area contributed by atoms with Gasteiger partial charge in [-0.1, -0.05) is 19.8 Å². The van der Waals surface area contributed by atoms with Crippen molar-refractivity contribution in [1.29, 1.82) is 0 Å². The zero-order valence-electron chi connectivity index (χ0n) is 11.2. The lowest BCUT2D eigenvalue weighted by Crippen LogP contribution is -2.42. The summed E-state index contributed by atoms with van der Waals surface area (Å²) >= 11 is 0. The maximum Gasteiger partial charge on any atom is 0.0615 e. The van der Waals surface area contributed by atoms with Crippen LogP contribution in [-0.4, -0.2) is 50.3 Å². The second-order valence-corrected chi connectivity index (χ2v) is 4.87. The Bertz CT molecular complexity index is 169. The number of ether oxygens (including phenoxy) is 1. The Hall–Kier alpha value is -0.120. The van der Waals surface area contributed by atoms with E-state index in [-0.39, 0.29) is 0 Å². The van der Waals surface area contributed by atoms with Crippen LogP contribution in [0.1, 0.15) is 39.5 Å². The molecule has 0 aromatic heterocycles. The van der Waals surface area contributed by atoms with E-state index in [4.69, 9.17) is 4.74 Å². The Morgan fingerprint density at radius 3 is 2.62 bits per heavy atom. The SMILES string of the molecule is CCN(CCNC1CCCC1)C(C)COC. The zero-order chi connectivity index (χ0) is 11.8. The fourth-order valence-corrected chi connectivity index (χ4v) is 2.58. The average Bonchev–Trinajstić information content (AvgIpc) is 2.77. The molecule has 1 rings (SSSR count). The first-order valence-electron chi connectivity index (χ1n) is 6.74. The Morgan fingerprint density at radius 1 is 1.38 bits per heavy atom. The first-order chi connectivity index (χ1) is 7.77. The van der Waals surface area contributed by atoms with E-state index in [0.29, 0.717) is 6.04 Å². The molecular weight excluding hydrogens is 200 g/mol. The highest BCUT2D eigenvalue weighted by molar-refractivity contribution is 4.75. The molecule has 1 fully saturated rings. The maximum absolute atomic E-state index is 5.20. The molecule has 3 heteroatoms. The topological polar surface area (TPSA) is 24.5 Å². The molecule has 0 aromatic rings. The molecule has 1 aliphatic rings. The summed E-state index contributed by atoms with van der Waals surface area (Å²) in [4.78, 5) is 2.48. The van der Waals surface area contributed by atoms with Gasteiger partial charge in [0.1, 0.15) is 0 Å². The fraction of sp³-hybridized carbons (Fsp3) is 1.00. The highest BCUT2D eigenvalue weighted by atomic mass is 16.5. The molecule has 1 unspecified atom stereocenters. The van der Waals surface area contributed by atoms with E-state index in [1.54, 1.807) is 7.11 Å². The predicted octanol–water partition coefficient (Wildman–Crippen LogP) is 1.88. The van der Waals surface area contributed by atoms with Gasteiger partial charge in [-0.3, -0.25) is 4.90 Å². The minimum atomic E-state index is 0.528.